The number of benzene rings is 1. The smallest absolute Gasteiger partial charge is 0.229 e. The van der Waals surface area contributed by atoms with Crippen LogP contribution in [-0.2, 0) is 0 Å². The van der Waals surface area contributed by atoms with Crippen LogP contribution in [0.25, 0.3) is 0 Å². The number of hydrogen-bond acceptors (Lipinski definition) is 7. The van der Waals surface area contributed by atoms with Gasteiger partial charge in [0.15, 0.2) is 0 Å². The molecule has 2 aromatic rings. The van der Waals surface area contributed by atoms with E-state index in [1.807, 2.05) is 25.1 Å². The van der Waals surface area contributed by atoms with Gasteiger partial charge in [-0.1, -0.05) is 18.9 Å². The van der Waals surface area contributed by atoms with E-state index in [0.29, 0.717) is 12.0 Å². The molecule has 0 atom stereocenters. The Kier molecular flexibility index (Phi) is 5.69. The summed E-state index contributed by atoms with van der Waals surface area (Å²) >= 11 is 1.94. The molecule has 2 aliphatic rings. The second-order valence-corrected chi connectivity index (χ2v) is 8.50. The summed E-state index contributed by atoms with van der Waals surface area (Å²) in [6, 6.07) is 9.17. The molecule has 2 heterocycles. The van der Waals surface area contributed by atoms with Gasteiger partial charge in [-0.2, -0.15) is 4.98 Å². The third kappa shape index (κ3) is 4.84. The lowest BCUT2D eigenvalue weighted by Gasteiger charge is -2.35. The molecule has 1 saturated carbocycles. The zero-order chi connectivity index (χ0) is 18.6. The summed E-state index contributed by atoms with van der Waals surface area (Å²) < 4.78 is 2.47. The van der Waals surface area contributed by atoms with Gasteiger partial charge in [0.1, 0.15) is 5.82 Å². The van der Waals surface area contributed by atoms with E-state index in [1.54, 1.807) is 0 Å². The monoisotopic (exact) mass is 384 g/mol. The van der Waals surface area contributed by atoms with Crippen molar-refractivity contribution in [2.45, 2.75) is 32.7 Å². The van der Waals surface area contributed by atoms with Gasteiger partial charge >= 0.3 is 0 Å². The minimum atomic E-state index is 0.585. The van der Waals surface area contributed by atoms with Crippen LogP contribution in [0.4, 0.5) is 23.1 Å². The third-order valence-electron chi connectivity index (χ3n) is 4.93. The summed E-state index contributed by atoms with van der Waals surface area (Å²) in [7, 11) is 0. The normalized spacial score (nSPS) is 17.8. The molecule has 144 valence electrons. The summed E-state index contributed by atoms with van der Waals surface area (Å²) in [5, 5.41) is 6.80. The van der Waals surface area contributed by atoms with Crippen molar-refractivity contribution in [3.8, 4) is 0 Å². The zero-order valence-electron chi connectivity index (χ0n) is 16.1. The Morgan fingerprint density at radius 1 is 1.11 bits per heavy atom. The SMILES string of the molecule is CCSN1CCN(c2ccc(Nc3ncc(C)c(NC4CC4)n3)cc2)CC1. The summed E-state index contributed by atoms with van der Waals surface area (Å²) in [5.74, 6) is 2.73. The molecule has 2 fully saturated rings. The van der Waals surface area contributed by atoms with Crippen LogP contribution in [0.3, 0.4) is 0 Å². The van der Waals surface area contributed by atoms with Crippen LogP contribution in [0.2, 0.25) is 0 Å². The van der Waals surface area contributed by atoms with E-state index in [1.165, 1.54) is 18.5 Å². The van der Waals surface area contributed by atoms with Crippen molar-refractivity contribution in [1.82, 2.24) is 14.3 Å². The van der Waals surface area contributed by atoms with Crippen LogP contribution in [0, 0.1) is 6.92 Å². The summed E-state index contributed by atoms with van der Waals surface area (Å²) in [6.07, 6.45) is 4.35. The second kappa shape index (κ2) is 8.35. The second-order valence-electron chi connectivity index (χ2n) is 7.15. The summed E-state index contributed by atoms with van der Waals surface area (Å²) in [5.41, 5.74) is 3.38. The van der Waals surface area contributed by atoms with Crippen LogP contribution < -0.4 is 15.5 Å². The van der Waals surface area contributed by atoms with Crippen LogP contribution >= 0.6 is 11.9 Å². The largest absolute Gasteiger partial charge is 0.369 e. The maximum atomic E-state index is 4.63. The minimum absolute atomic E-state index is 0.585. The Morgan fingerprint density at radius 3 is 2.52 bits per heavy atom. The molecular formula is C20H28N6S. The lowest BCUT2D eigenvalue weighted by atomic mass is 10.2. The first-order chi connectivity index (χ1) is 13.2. The van der Waals surface area contributed by atoms with Gasteiger partial charge in [0.05, 0.1) is 0 Å². The highest BCUT2D eigenvalue weighted by atomic mass is 32.2. The third-order valence-corrected chi connectivity index (χ3v) is 5.92. The number of piperazine rings is 1. The molecule has 0 radical (unpaired) electrons. The van der Waals surface area contributed by atoms with E-state index in [2.05, 4.69) is 61.0 Å². The predicted molar refractivity (Wildman–Crippen MR) is 115 cm³/mol. The molecule has 0 spiro atoms. The molecule has 1 aliphatic heterocycles. The van der Waals surface area contributed by atoms with Crippen molar-refractivity contribution in [3.05, 3.63) is 36.0 Å². The van der Waals surface area contributed by atoms with E-state index >= 15 is 0 Å². The average Bonchev–Trinajstić information content (AvgIpc) is 3.50. The first-order valence-electron chi connectivity index (χ1n) is 9.81. The lowest BCUT2D eigenvalue weighted by molar-refractivity contribution is 0.430. The number of hydrogen-bond donors (Lipinski definition) is 2. The van der Waals surface area contributed by atoms with E-state index in [-0.39, 0.29) is 0 Å². The molecule has 4 rings (SSSR count). The van der Waals surface area contributed by atoms with Crippen LogP contribution in [-0.4, -0.2) is 52.2 Å². The highest BCUT2D eigenvalue weighted by Crippen LogP contribution is 2.27. The lowest BCUT2D eigenvalue weighted by Crippen LogP contribution is -2.43. The highest BCUT2D eigenvalue weighted by Gasteiger charge is 2.22. The quantitative estimate of drug-likeness (QED) is 0.702. The number of nitrogens with one attached hydrogen (secondary N) is 2. The Morgan fingerprint density at radius 2 is 1.85 bits per heavy atom. The Bertz CT molecular complexity index is 754. The van der Waals surface area contributed by atoms with Gasteiger partial charge in [-0.05, 0) is 44.0 Å². The number of rotatable bonds is 7. The van der Waals surface area contributed by atoms with Gasteiger partial charge < -0.3 is 15.5 Å². The van der Waals surface area contributed by atoms with Gasteiger partial charge in [-0.3, -0.25) is 0 Å². The fraction of sp³-hybridized carbons (Fsp3) is 0.500. The fourth-order valence-electron chi connectivity index (χ4n) is 3.21. The standard InChI is InChI=1S/C20H28N6S/c1-3-27-26-12-10-25(11-13-26)18-8-6-17(7-9-18)23-20-21-14-15(2)19(24-20)22-16-4-5-16/h6-9,14,16H,3-5,10-13H2,1-2H3,(H2,21,22,23,24). The molecule has 0 unspecified atom stereocenters. The molecule has 2 N–H and O–H groups in total. The van der Waals surface area contributed by atoms with Crippen LogP contribution in [0.15, 0.2) is 30.5 Å². The summed E-state index contributed by atoms with van der Waals surface area (Å²) in [4.78, 5) is 11.5. The van der Waals surface area contributed by atoms with E-state index in [0.717, 1.165) is 49.0 Å². The average molecular weight is 385 g/mol. The molecule has 1 saturated heterocycles. The molecule has 1 aliphatic carbocycles. The molecule has 1 aromatic carbocycles. The predicted octanol–water partition coefficient (Wildman–Crippen LogP) is 3.89. The van der Waals surface area contributed by atoms with Gasteiger partial charge in [-0.15, -0.1) is 0 Å². The van der Waals surface area contributed by atoms with Gasteiger partial charge in [0.25, 0.3) is 0 Å². The number of aromatic nitrogens is 2. The maximum Gasteiger partial charge on any atom is 0.229 e. The first kappa shape index (κ1) is 18.4. The van der Waals surface area contributed by atoms with Crippen LogP contribution in [0.5, 0.6) is 0 Å². The maximum absolute atomic E-state index is 4.63. The number of nitrogens with zero attached hydrogens (tertiary/aromatic N) is 4. The fourth-order valence-corrected chi connectivity index (χ4v) is 4.00. The van der Waals surface area contributed by atoms with E-state index < -0.39 is 0 Å². The first-order valence-corrected chi connectivity index (χ1v) is 10.8. The van der Waals surface area contributed by atoms with Gasteiger partial charge in [-0.25, -0.2) is 9.29 Å². The van der Waals surface area contributed by atoms with Gasteiger partial charge in [0.2, 0.25) is 5.95 Å². The van der Waals surface area contributed by atoms with Crippen molar-refractivity contribution < 1.29 is 0 Å². The van der Waals surface area contributed by atoms with Crippen molar-refractivity contribution >= 4 is 35.1 Å². The van der Waals surface area contributed by atoms with Gasteiger partial charge in [0, 0.05) is 61.1 Å². The van der Waals surface area contributed by atoms with Crippen molar-refractivity contribution in [2.24, 2.45) is 0 Å². The Balaban J connectivity index is 1.37. The highest BCUT2D eigenvalue weighted by molar-refractivity contribution is 7.96. The van der Waals surface area contributed by atoms with E-state index in [4.69, 9.17) is 0 Å². The Hall–Kier alpha value is -1.99. The molecule has 6 nitrogen and oxygen atoms in total. The van der Waals surface area contributed by atoms with Crippen molar-refractivity contribution in [1.29, 1.82) is 0 Å². The topological polar surface area (TPSA) is 56.3 Å². The summed E-state index contributed by atoms with van der Waals surface area (Å²) in [6.45, 7) is 8.65. The molecular weight excluding hydrogens is 356 g/mol. The van der Waals surface area contributed by atoms with Crippen molar-refractivity contribution in [3.63, 3.8) is 0 Å². The van der Waals surface area contributed by atoms with Crippen LogP contribution in [0.1, 0.15) is 25.3 Å². The van der Waals surface area contributed by atoms with Crippen molar-refractivity contribution in [2.75, 3.05) is 47.5 Å². The zero-order valence-corrected chi connectivity index (χ0v) is 16.9. The minimum Gasteiger partial charge on any atom is -0.369 e. The Labute approximate surface area is 165 Å². The van der Waals surface area contributed by atoms with E-state index in [9.17, 15) is 0 Å². The molecule has 0 amide bonds. The number of aryl methyl sites for hydroxylation is 1. The molecule has 7 heteroatoms. The molecule has 1 aromatic heterocycles. The number of anilines is 4. The molecule has 0 bridgehead atoms. The molecule has 27 heavy (non-hydrogen) atoms.